The van der Waals surface area contributed by atoms with Crippen LogP contribution in [0.2, 0.25) is 0 Å². The molecule has 0 unspecified atom stereocenters. The molecule has 20 heavy (non-hydrogen) atoms. The van der Waals surface area contributed by atoms with Crippen LogP contribution in [-0.4, -0.2) is 18.2 Å². The first-order valence-corrected chi connectivity index (χ1v) is 8.58. The summed E-state index contributed by atoms with van der Waals surface area (Å²) in [5, 5.41) is 4.30. The van der Waals surface area contributed by atoms with Crippen molar-refractivity contribution in [2.75, 3.05) is 5.73 Å². The van der Waals surface area contributed by atoms with Gasteiger partial charge in [-0.2, -0.15) is 5.10 Å². The monoisotopic (exact) mass is 357 g/mol. The third-order valence-corrected chi connectivity index (χ3v) is 5.59. The molecule has 0 bridgehead atoms. The highest BCUT2D eigenvalue weighted by molar-refractivity contribution is 9.10. The lowest BCUT2D eigenvalue weighted by Crippen LogP contribution is -2.09. The van der Waals surface area contributed by atoms with Gasteiger partial charge in [0.1, 0.15) is 0 Å². The molecule has 5 nitrogen and oxygen atoms in total. The van der Waals surface area contributed by atoms with Gasteiger partial charge in [-0.3, -0.25) is 4.68 Å². The summed E-state index contributed by atoms with van der Waals surface area (Å²) in [6.07, 6.45) is 0.743. The van der Waals surface area contributed by atoms with E-state index in [1.807, 2.05) is 6.92 Å². The first kappa shape index (κ1) is 15.1. The number of nitrogens with zero attached hydrogens (tertiary/aromatic N) is 2. The van der Waals surface area contributed by atoms with Crippen molar-refractivity contribution in [3.05, 3.63) is 40.1 Å². The average molecular weight is 358 g/mol. The van der Waals surface area contributed by atoms with Gasteiger partial charge in [-0.05, 0) is 40.5 Å². The molecule has 7 heteroatoms. The Morgan fingerprint density at radius 1 is 1.40 bits per heavy atom. The Hall–Kier alpha value is -1.34. The Kier molecular flexibility index (Phi) is 4.19. The lowest BCUT2D eigenvalue weighted by molar-refractivity contribution is 0.591. The van der Waals surface area contributed by atoms with E-state index in [9.17, 15) is 8.42 Å². The molecular weight excluding hydrogens is 342 g/mol. The summed E-state index contributed by atoms with van der Waals surface area (Å²) in [7, 11) is -1.70. The van der Waals surface area contributed by atoms with Crippen LogP contribution in [0.3, 0.4) is 0 Å². The van der Waals surface area contributed by atoms with E-state index in [-0.39, 0.29) is 10.6 Å². The zero-order valence-electron chi connectivity index (χ0n) is 11.3. The molecule has 0 spiro atoms. The minimum absolute atomic E-state index is 0.111. The van der Waals surface area contributed by atoms with E-state index in [4.69, 9.17) is 5.73 Å². The highest BCUT2D eigenvalue weighted by atomic mass is 79.9. The van der Waals surface area contributed by atoms with Gasteiger partial charge in [0.25, 0.3) is 0 Å². The number of benzene rings is 1. The minimum Gasteiger partial charge on any atom is -0.399 e. The molecule has 0 aliphatic heterocycles. The molecule has 1 aromatic carbocycles. The predicted molar refractivity (Wildman–Crippen MR) is 82.0 cm³/mol. The second-order valence-electron chi connectivity index (χ2n) is 4.52. The van der Waals surface area contributed by atoms with Crippen LogP contribution in [0.5, 0.6) is 0 Å². The molecule has 2 N–H and O–H groups in total. The van der Waals surface area contributed by atoms with Crippen molar-refractivity contribution in [3.8, 4) is 0 Å². The van der Waals surface area contributed by atoms with Crippen molar-refractivity contribution >= 4 is 31.5 Å². The molecule has 0 atom stereocenters. The second-order valence-corrected chi connectivity index (χ2v) is 7.30. The quantitative estimate of drug-likeness (QED) is 0.851. The van der Waals surface area contributed by atoms with Gasteiger partial charge in [-0.1, -0.05) is 13.0 Å². The summed E-state index contributed by atoms with van der Waals surface area (Å²) < 4.78 is 27.2. The van der Waals surface area contributed by atoms with Crippen molar-refractivity contribution in [3.63, 3.8) is 0 Å². The maximum Gasteiger partial charge on any atom is 0.184 e. The summed E-state index contributed by atoms with van der Waals surface area (Å²) in [6, 6.07) is 6.32. The Bertz CT molecular complexity index is 738. The molecule has 0 aliphatic carbocycles. The molecule has 2 aromatic rings. The predicted octanol–water partition coefficient (Wildman–Crippen LogP) is 2.30. The van der Waals surface area contributed by atoms with Gasteiger partial charge in [-0.15, -0.1) is 0 Å². The number of nitrogen functional groups attached to an aromatic ring is 1. The van der Waals surface area contributed by atoms with Gasteiger partial charge < -0.3 is 5.73 Å². The minimum atomic E-state index is -3.45. The van der Waals surface area contributed by atoms with Crippen molar-refractivity contribution in [1.29, 1.82) is 0 Å². The van der Waals surface area contributed by atoms with Crippen molar-refractivity contribution in [2.45, 2.75) is 24.0 Å². The van der Waals surface area contributed by atoms with E-state index in [0.717, 1.165) is 16.6 Å². The fourth-order valence-electron chi connectivity index (χ4n) is 1.95. The first-order chi connectivity index (χ1) is 9.35. The molecule has 0 amide bonds. The number of aromatic nitrogens is 2. The summed E-state index contributed by atoms with van der Waals surface area (Å²) in [5.41, 5.74) is 7.57. The van der Waals surface area contributed by atoms with Crippen LogP contribution in [0.1, 0.15) is 18.3 Å². The van der Waals surface area contributed by atoms with Crippen LogP contribution in [0, 0.1) is 0 Å². The molecule has 108 valence electrons. The zero-order valence-corrected chi connectivity index (χ0v) is 13.7. The van der Waals surface area contributed by atoms with E-state index in [1.165, 1.54) is 6.07 Å². The molecule has 0 radical (unpaired) electrons. The number of hydrogen-bond acceptors (Lipinski definition) is 4. The lowest BCUT2D eigenvalue weighted by atomic mass is 10.3. The van der Waals surface area contributed by atoms with Crippen LogP contribution in [0.15, 0.2) is 33.6 Å². The zero-order chi connectivity index (χ0) is 14.9. The number of hydrogen-bond donors (Lipinski definition) is 1. The topological polar surface area (TPSA) is 78.0 Å². The van der Waals surface area contributed by atoms with Crippen LogP contribution in [0.25, 0.3) is 0 Å². The van der Waals surface area contributed by atoms with Gasteiger partial charge in [0, 0.05) is 12.7 Å². The highest BCUT2D eigenvalue weighted by Crippen LogP contribution is 2.26. The molecular formula is C13H16BrN3O2S. The molecule has 2 rings (SSSR count). The Morgan fingerprint density at radius 2 is 2.10 bits per heavy atom. The Morgan fingerprint density at radius 3 is 2.65 bits per heavy atom. The fraction of sp³-hybridized carbons (Fsp3) is 0.308. The normalized spacial score (nSPS) is 11.8. The van der Waals surface area contributed by atoms with Crippen LogP contribution < -0.4 is 5.73 Å². The van der Waals surface area contributed by atoms with Crippen LogP contribution in [-0.2, 0) is 29.1 Å². The van der Waals surface area contributed by atoms with Gasteiger partial charge >= 0.3 is 0 Å². The van der Waals surface area contributed by atoms with Crippen LogP contribution in [0.4, 0.5) is 5.69 Å². The molecule has 0 fully saturated rings. The summed E-state index contributed by atoms with van der Waals surface area (Å²) in [4.78, 5) is 0.226. The lowest BCUT2D eigenvalue weighted by Gasteiger charge is -2.06. The number of aryl methyl sites for hydroxylation is 2. The average Bonchev–Trinajstić information content (AvgIpc) is 2.66. The molecule has 1 heterocycles. The summed E-state index contributed by atoms with van der Waals surface area (Å²) in [5.74, 6) is -0.111. The number of sulfone groups is 1. The summed E-state index contributed by atoms with van der Waals surface area (Å²) >= 11 is 3.43. The Labute approximate surface area is 126 Å². The largest absolute Gasteiger partial charge is 0.399 e. The maximum absolute atomic E-state index is 12.4. The Balaban J connectivity index is 2.41. The third-order valence-electron chi connectivity index (χ3n) is 3.05. The smallest absolute Gasteiger partial charge is 0.184 e. The third kappa shape index (κ3) is 2.88. The fourth-order valence-corrected chi connectivity index (χ4v) is 4.35. The maximum atomic E-state index is 12.4. The molecule has 0 saturated heterocycles. The van der Waals surface area contributed by atoms with E-state index >= 15 is 0 Å². The van der Waals surface area contributed by atoms with Gasteiger partial charge in [0.2, 0.25) is 0 Å². The highest BCUT2D eigenvalue weighted by Gasteiger charge is 2.21. The summed E-state index contributed by atoms with van der Waals surface area (Å²) in [6.45, 7) is 1.98. The second kappa shape index (κ2) is 5.57. The number of rotatable bonds is 4. The number of halogens is 1. The number of anilines is 1. The van der Waals surface area contributed by atoms with Crippen molar-refractivity contribution in [1.82, 2.24) is 9.78 Å². The number of nitrogens with two attached hydrogens (primary N) is 1. The SMILES string of the molecule is CCc1nn(C)c(CS(=O)(=O)c2cccc(N)c2)c1Br. The van der Waals surface area contributed by atoms with Gasteiger partial charge in [-0.25, -0.2) is 8.42 Å². The van der Waals surface area contributed by atoms with Gasteiger partial charge in [0.05, 0.1) is 26.5 Å². The van der Waals surface area contributed by atoms with E-state index < -0.39 is 9.84 Å². The van der Waals surface area contributed by atoms with Crippen molar-refractivity contribution in [2.24, 2.45) is 7.05 Å². The van der Waals surface area contributed by atoms with E-state index in [1.54, 1.807) is 29.9 Å². The standard InChI is InChI=1S/C13H16BrN3O2S/c1-3-11-13(14)12(17(2)16-11)8-20(18,19)10-6-4-5-9(15)7-10/h4-7H,3,8,15H2,1-2H3. The first-order valence-electron chi connectivity index (χ1n) is 6.13. The van der Waals surface area contributed by atoms with E-state index in [0.29, 0.717) is 11.4 Å². The molecule has 0 saturated carbocycles. The van der Waals surface area contributed by atoms with E-state index in [2.05, 4.69) is 21.0 Å². The van der Waals surface area contributed by atoms with Gasteiger partial charge in [0.15, 0.2) is 9.84 Å². The van der Waals surface area contributed by atoms with Crippen molar-refractivity contribution < 1.29 is 8.42 Å². The molecule has 0 aliphatic rings. The molecule has 1 aromatic heterocycles. The van der Waals surface area contributed by atoms with Crippen LogP contribution >= 0.6 is 15.9 Å².